The molecule has 0 saturated carbocycles. The quantitative estimate of drug-likeness (QED) is 0.453. The van der Waals surface area contributed by atoms with Crippen LogP contribution in [-0.2, 0) is 0 Å². The maximum atomic E-state index is 12.6. The number of benzene rings is 1. The summed E-state index contributed by atoms with van der Waals surface area (Å²) in [5.74, 6) is -0.342. The lowest BCUT2D eigenvalue weighted by Crippen LogP contribution is -2.79. The summed E-state index contributed by atoms with van der Waals surface area (Å²) in [4.78, 5) is 34.2. The van der Waals surface area contributed by atoms with Gasteiger partial charge in [0.15, 0.2) is 0 Å². The van der Waals surface area contributed by atoms with Crippen LogP contribution in [0.2, 0.25) is 0 Å². The topological polar surface area (TPSA) is 47.1 Å². The molecule has 7 heteroatoms. The summed E-state index contributed by atoms with van der Waals surface area (Å²) in [5, 5.41) is 0. The van der Waals surface area contributed by atoms with E-state index in [1.165, 1.54) is 10.5 Å². The second-order valence-electron chi connectivity index (χ2n) is 8.66. The van der Waals surface area contributed by atoms with Crippen molar-refractivity contribution >= 4 is 11.8 Å². The van der Waals surface area contributed by atoms with E-state index < -0.39 is 0 Å². The van der Waals surface area contributed by atoms with E-state index in [4.69, 9.17) is 0 Å². The SMILES string of the molecule is C/C(CN1C(=O)c2ccccc2C1=O)=C(/C)C[N+]12CN3CN(CN(C3)C1)C2. The zero-order valence-electron chi connectivity index (χ0n) is 16.0. The maximum absolute atomic E-state index is 12.6. The van der Waals surface area contributed by atoms with Crippen molar-refractivity contribution in [2.24, 2.45) is 0 Å². The summed E-state index contributed by atoms with van der Waals surface area (Å²) in [6, 6.07) is 7.11. The minimum atomic E-state index is -0.171. The highest BCUT2D eigenvalue weighted by atomic mass is 16.2. The number of quaternary nitrogens is 1. The summed E-state index contributed by atoms with van der Waals surface area (Å²) in [6.45, 7) is 12.1. The van der Waals surface area contributed by atoms with Gasteiger partial charge in [0.25, 0.3) is 11.8 Å². The van der Waals surface area contributed by atoms with E-state index >= 15 is 0 Å². The lowest BCUT2D eigenvalue weighted by molar-refractivity contribution is -0.976. The highest BCUT2D eigenvalue weighted by Gasteiger charge is 2.48. The van der Waals surface area contributed by atoms with Gasteiger partial charge in [0.2, 0.25) is 0 Å². The van der Waals surface area contributed by atoms with Crippen LogP contribution in [0.5, 0.6) is 0 Å². The number of carbonyl (C=O) groups excluding carboxylic acids is 2. The van der Waals surface area contributed by atoms with Crippen LogP contribution in [0.4, 0.5) is 0 Å². The van der Waals surface area contributed by atoms with Gasteiger partial charge in [-0.1, -0.05) is 12.1 Å². The number of carbonyl (C=O) groups is 2. The average Bonchev–Trinajstić information content (AvgIpc) is 2.85. The molecule has 4 fully saturated rings. The number of nitrogens with zero attached hydrogens (tertiary/aromatic N) is 5. The molecule has 0 aromatic heterocycles. The molecule has 0 unspecified atom stereocenters. The molecule has 6 rings (SSSR count). The van der Waals surface area contributed by atoms with Gasteiger partial charge in [-0.15, -0.1) is 0 Å². The van der Waals surface area contributed by atoms with E-state index in [-0.39, 0.29) is 11.8 Å². The van der Waals surface area contributed by atoms with Crippen LogP contribution in [0.3, 0.4) is 0 Å². The Kier molecular flexibility index (Phi) is 3.77. The summed E-state index contributed by atoms with van der Waals surface area (Å²) in [5.41, 5.74) is 3.46. The van der Waals surface area contributed by atoms with Gasteiger partial charge in [0.1, 0.15) is 26.6 Å². The molecule has 4 saturated heterocycles. The lowest BCUT2D eigenvalue weighted by Gasteiger charge is -2.61. The molecular weight excluding hydrogens is 342 g/mol. The Morgan fingerprint density at radius 1 is 0.852 bits per heavy atom. The van der Waals surface area contributed by atoms with Crippen LogP contribution < -0.4 is 0 Å². The summed E-state index contributed by atoms with van der Waals surface area (Å²) in [6.07, 6.45) is 0. The monoisotopic (exact) mass is 368 g/mol. The largest absolute Gasteiger partial charge is 0.282 e. The van der Waals surface area contributed by atoms with Crippen molar-refractivity contribution in [3.8, 4) is 0 Å². The van der Waals surface area contributed by atoms with Crippen LogP contribution in [0.15, 0.2) is 35.4 Å². The van der Waals surface area contributed by atoms with Crippen molar-refractivity contribution in [2.45, 2.75) is 13.8 Å². The first-order valence-corrected chi connectivity index (χ1v) is 9.57. The number of fused-ring (bicyclic) bond motifs is 1. The van der Waals surface area contributed by atoms with Crippen LogP contribution >= 0.6 is 0 Å². The molecule has 7 nitrogen and oxygen atoms in total. The Bertz CT molecular complexity index is 791. The summed E-state index contributed by atoms with van der Waals surface area (Å²) >= 11 is 0. The zero-order valence-corrected chi connectivity index (χ0v) is 16.0. The fraction of sp³-hybridized carbons (Fsp3) is 0.500. The normalized spacial score (nSPS) is 34.9. The minimum absolute atomic E-state index is 0.171. The van der Waals surface area contributed by atoms with Crippen molar-refractivity contribution in [3.05, 3.63) is 46.5 Å². The Balaban J connectivity index is 1.33. The number of amides is 2. The van der Waals surface area contributed by atoms with Crippen molar-refractivity contribution in [3.63, 3.8) is 0 Å². The molecule has 5 aliphatic rings. The van der Waals surface area contributed by atoms with Crippen LogP contribution in [-0.4, -0.2) is 89.0 Å². The standard InChI is InChI=1S/C20H26N5O2/c1-15(7-24-19(26)17-5-3-4-6-18(17)20(24)27)16(2)8-25-12-21-9-22(13-25)11-23(10-21)14-25/h3-6H,7-14H2,1-2H3/q+1/b16-15+. The molecule has 0 aliphatic carbocycles. The first kappa shape index (κ1) is 17.1. The predicted octanol–water partition coefficient (Wildman–Crippen LogP) is 1.13. The van der Waals surface area contributed by atoms with E-state index in [1.54, 1.807) is 12.1 Å². The van der Waals surface area contributed by atoms with Gasteiger partial charge in [-0.25, -0.2) is 14.7 Å². The van der Waals surface area contributed by atoms with Crippen LogP contribution in [0.25, 0.3) is 0 Å². The van der Waals surface area contributed by atoms with Gasteiger partial charge in [0.05, 0.1) is 37.7 Å². The highest BCUT2D eigenvalue weighted by molar-refractivity contribution is 6.21. The predicted molar refractivity (Wildman–Crippen MR) is 100 cm³/mol. The number of imide groups is 1. The molecular formula is C20H26N5O2+. The Morgan fingerprint density at radius 3 is 1.81 bits per heavy atom. The second-order valence-corrected chi connectivity index (χ2v) is 8.66. The number of rotatable bonds is 4. The van der Waals surface area contributed by atoms with Crippen LogP contribution in [0, 0.1) is 0 Å². The number of hydrogen-bond donors (Lipinski definition) is 0. The van der Waals surface area contributed by atoms with E-state index in [0.29, 0.717) is 17.7 Å². The molecule has 1 aromatic carbocycles. The fourth-order valence-electron chi connectivity index (χ4n) is 5.20. The van der Waals surface area contributed by atoms with E-state index in [2.05, 4.69) is 28.5 Å². The van der Waals surface area contributed by atoms with Crippen molar-refractivity contribution in [1.29, 1.82) is 0 Å². The minimum Gasteiger partial charge on any atom is -0.282 e. The molecule has 0 spiro atoms. The smallest absolute Gasteiger partial charge is 0.261 e. The van der Waals surface area contributed by atoms with Gasteiger partial charge in [-0.3, -0.25) is 19.0 Å². The third-order valence-electron chi connectivity index (χ3n) is 6.27. The third-order valence-corrected chi connectivity index (χ3v) is 6.27. The molecule has 2 amide bonds. The van der Waals surface area contributed by atoms with Crippen molar-refractivity contribution in [1.82, 2.24) is 19.6 Å². The molecule has 5 heterocycles. The first-order chi connectivity index (χ1) is 12.9. The van der Waals surface area contributed by atoms with E-state index in [9.17, 15) is 9.59 Å². The Morgan fingerprint density at radius 2 is 1.33 bits per heavy atom. The van der Waals surface area contributed by atoms with Gasteiger partial charge in [0, 0.05) is 0 Å². The Hall–Kier alpha value is -2.06. The molecule has 5 aliphatic heterocycles. The highest BCUT2D eigenvalue weighted by Crippen LogP contribution is 2.30. The Labute approximate surface area is 159 Å². The molecule has 27 heavy (non-hydrogen) atoms. The van der Waals surface area contributed by atoms with Crippen molar-refractivity contribution in [2.75, 3.05) is 53.1 Å². The lowest BCUT2D eigenvalue weighted by atomic mass is 10.1. The van der Waals surface area contributed by atoms with E-state index in [0.717, 1.165) is 56.6 Å². The average molecular weight is 368 g/mol. The molecule has 1 aromatic rings. The van der Waals surface area contributed by atoms with Gasteiger partial charge in [-0.2, -0.15) is 0 Å². The van der Waals surface area contributed by atoms with Gasteiger partial charge in [-0.05, 0) is 37.1 Å². The fourth-order valence-corrected chi connectivity index (χ4v) is 5.20. The molecule has 0 atom stereocenters. The third kappa shape index (κ3) is 2.73. The van der Waals surface area contributed by atoms with Crippen LogP contribution in [0.1, 0.15) is 34.6 Å². The first-order valence-electron chi connectivity index (χ1n) is 9.57. The summed E-state index contributed by atoms with van der Waals surface area (Å²) in [7, 11) is 0. The van der Waals surface area contributed by atoms with Gasteiger partial charge >= 0.3 is 0 Å². The molecule has 0 N–H and O–H groups in total. The second kappa shape index (κ2) is 5.97. The van der Waals surface area contributed by atoms with Gasteiger partial charge < -0.3 is 0 Å². The van der Waals surface area contributed by atoms with E-state index in [1.807, 2.05) is 12.1 Å². The molecule has 4 bridgehead atoms. The summed E-state index contributed by atoms with van der Waals surface area (Å²) < 4.78 is 1.03. The zero-order chi connectivity index (χ0) is 18.8. The maximum Gasteiger partial charge on any atom is 0.261 e. The molecule has 142 valence electrons. The molecule has 0 radical (unpaired) electrons. The van der Waals surface area contributed by atoms with Crippen molar-refractivity contribution < 1.29 is 14.1 Å². The number of hydrogen-bond acceptors (Lipinski definition) is 5.